The second-order valence-electron chi connectivity index (χ2n) is 6.23. The van der Waals surface area contributed by atoms with Crippen LogP contribution in [0.25, 0.3) is 5.52 Å². The Kier molecular flexibility index (Phi) is 3.96. The third-order valence-corrected chi connectivity index (χ3v) is 5.01. The summed E-state index contributed by atoms with van der Waals surface area (Å²) < 4.78 is 15.7. The van der Waals surface area contributed by atoms with E-state index in [9.17, 15) is 9.18 Å². The van der Waals surface area contributed by atoms with Crippen LogP contribution in [-0.2, 0) is 6.42 Å². The van der Waals surface area contributed by atoms with Crippen LogP contribution in [0, 0.1) is 5.82 Å². The Bertz CT molecular complexity index is 968. The molecule has 1 aromatic carbocycles. The van der Waals surface area contributed by atoms with Crippen LogP contribution in [0.5, 0.6) is 0 Å². The molecule has 25 heavy (non-hydrogen) atoms. The monoisotopic (exact) mass is 357 g/mol. The topological polar surface area (TPSA) is 37.6 Å². The van der Waals surface area contributed by atoms with Crippen molar-refractivity contribution in [3.05, 3.63) is 70.3 Å². The van der Waals surface area contributed by atoms with Gasteiger partial charge >= 0.3 is 0 Å². The summed E-state index contributed by atoms with van der Waals surface area (Å²) in [7, 11) is 0. The smallest absolute Gasteiger partial charge is 0.274 e. The summed E-state index contributed by atoms with van der Waals surface area (Å²) in [6, 6.07) is 10.3. The lowest BCUT2D eigenvalue weighted by Crippen LogP contribution is -2.40. The number of hydrogen-bond acceptors (Lipinski definition) is 2. The molecule has 1 aliphatic rings. The summed E-state index contributed by atoms with van der Waals surface area (Å²) in [5, 5.41) is 4.92. The molecule has 6 heteroatoms. The first-order valence-corrected chi connectivity index (χ1v) is 8.69. The van der Waals surface area contributed by atoms with E-state index in [0.29, 0.717) is 23.7 Å². The number of benzene rings is 1. The zero-order valence-electron chi connectivity index (χ0n) is 13.7. The highest BCUT2D eigenvalue weighted by atomic mass is 35.5. The van der Waals surface area contributed by atoms with Crippen molar-refractivity contribution in [3.63, 3.8) is 0 Å². The van der Waals surface area contributed by atoms with Crippen LogP contribution in [-0.4, -0.2) is 27.0 Å². The highest BCUT2D eigenvalue weighted by Crippen LogP contribution is 2.34. The molecule has 0 saturated heterocycles. The summed E-state index contributed by atoms with van der Waals surface area (Å²) in [6.07, 6.45) is 2.91. The standard InChI is InChI=1S/C19H17ClFN3O/c1-2-18-15-4-3-5-16(21)14(15)8-9-23(18)19(25)17-10-13-7-6-12(20)11-24(13)22-17/h3-7,10-11,18H,2,8-9H2,1H3. The van der Waals surface area contributed by atoms with E-state index >= 15 is 0 Å². The van der Waals surface area contributed by atoms with E-state index in [0.717, 1.165) is 23.1 Å². The minimum absolute atomic E-state index is 0.137. The van der Waals surface area contributed by atoms with Crippen LogP contribution in [0.3, 0.4) is 0 Å². The Morgan fingerprint density at radius 2 is 2.20 bits per heavy atom. The van der Waals surface area contributed by atoms with Gasteiger partial charge in [-0.15, -0.1) is 0 Å². The summed E-state index contributed by atoms with van der Waals surface area (Å²) >= 11 is 5.98. The van der Waals surface area contributed by atoms with Gasteiger partial charge in [0.2, 0.25) is 0 Å². The van der Waals surface area contributed by atoms with Crippen molar-refractivity contribution in [2.24, 2.45) is 0 Å². The molecular formula is C19H17ClFN3O. The van der Waals surface area contributed by atoms with Gasteiger partial charge in [-0.05, 0) is 48.2 Å². The fourth-order valence-electron chi connectivity index (χ4n) is 3.60. The Morgan fingerprint density at radius 1 is 1.36 bits per heavy atom. The number of carbonyl (C=O) groups excluding carboxylic acids is 1. The lowest BCUT2D eigenvalue weighted by atomic mass is 9.90. The van der Waals surface area contributed by atoms with Crippen molar-refractivity contribution < 1.29 is 9.18 Å². The molecular weight excluding hydrogens is 341 g/mol. The minimum Gasteiger partial charge on any atom is -0.330 e. The number of halogens is 2. The SMILES string of the molecule is CCC1c2cccc(F)c2CCN1C(=O)c1cc2ccc(Cl)cn2n1. The maximum absolute atomic E-state index is 14.1. The number of fused-ring (bicyclic) bond motifs is 2. The van der Waals surface area contributed by atoms with Gasteiger partial charge in [0, 0.05) is 12.7 Å². The zero-order valence-corrected chi connectivity index (χ0v) is 14.5. The van der Waals surface area contributed by atoms with Crippen molar-refractivity contribution in [2.75, 3.05) is 6.54 Å². The van der Waals surface area contributed by atoms with Crippen LogP contribution in [0.15, 0.2) is 42.6 Å². The molecule has 0 saturated carbocycles. The van der Waals surface area contributed by atoms with E-state index < -0.39 is 0 Å². The average Bonchev–Trinajstić information content (AvgIpc) is 3.03. The molecule has 0 bridgehead atoms. The van der Waals surface area contributed by atoms with Gasteiger partial charge in [-0.1, -0.05) is 30.7 Å². The van der Waals surface area contributed by atoms with Crippen molar-refractivity contribution in [1.29, 1.82) is 0 Å². The molecule has 1 unspecified atom stereocenters. The fourth-order valence-corrected chi connectivity index (χ4v) is 3.76. The molecule has 3 heterocycles. The molecule has 4 rings (SSSR count). The number of pyridine rings is 1. The van der Waals surface area contributed by atoms with Gasteiger partial charge in [-0.3, -0.25) is 4.79 Å². The lowest BCUT2D eigenvalue weighted by Gasteiger charge is -2.36. The van der Waals surface area contributed by atoms with E-state index in [2.05, 4.69) is 5.10 Å². The van der Waals surface area contributed by atoms with Gasteiger partial charge < -0.3 is 4.90 Å². The predicted molar refractivity (Wildman–Crippen MR) is 94.4 cm³/mol. The Morgan fingerprint density at radius 3 is 3.00 bits per heavy atom. The van der Waals surface area contributed by atoms with Crippen molar-refractivity contribution in [3.8, 4) is 0 Å². The normalized spacial score (nSPS) is 16.9. The number of nitrogens with zero attached hydrogens (tertiary/aromatic N) is 3. The third-order valence-electron chi connectivity index (χ3n) is 4.78. The van der Waals surface area contributed by atoms with Crippen LogP contribution in [0.2, 0.25) is 5.02 Å². The van der Waals surface area contributed by atoms with E-state index in [1.165, 1.54) is 6.07 Å². The second kappa shape index (κ2) is 6.15. The van der Waals surface area contributed by atoms with E-state index in [1.807, 2.05) is 19.1 Å². The van der Waals surface area contributed by atoms with E-state index in [1.54, 1.807) is 33.8 Å². The molecule has 2 aromatic heterocycles. The highest BCUT2D eigenvalue weighted by molar-refractivity contribution is 6.30. The molecule has 128 valence electrons. The molecule has 4 nitrogen and oxygen atoms in total. The van der Waals surface area contributed by atoms with E-state index in [4.69, 9.17) is 11.6 Å². The zero-order chi connectivity index (χ0) is 17.6. The van der Waals surface area contributed by atoms with Crippen molar-refractivity contribution in [2.45, 2.75) is 25.8 Å². The molecule has 1 atom stereocenters. The second-order valence-corrected chi connectivity index (χ2v) is 6.66. The Balaban J connectivity index is 1.71. The highest BCUT2D eigenvalue weighted by Gasteiger charge is 2.32. The largest absolute Gasteiger partial charge is 0.330 e. The fraction of sp³-hybridized carbons (Fsp3) is 0.263. The van der Waals surface area contributed by atoms with Gasteiger partial charge in [0.25, 0.3) is 5.91 Å². The van der Waals surface area contributed by atoms with Crippen LogP contribution < -0.4 is 0 Å². The number of aromatic nitrogens is 2. The maximum atomic E-state index is 14.1. The van der Waals surface area contributed by atoms with Crippen molar-refractivity contribution in [1.82, 2.24) is 14.5 Å². The van der Waals surface area contributed by atoms with E-state index in [-0.39, 0.29) is 17.8 Å². The number of rotatable bonds is 2. The summed E-state index contributed by atoms with van der Waals surface area (Å²) in [4.78, 5) is 14.8. The summed E-state index contributed by atoms with van der Waals surface area (Å²) in [5.41, 5.74) is 2.80. The number of hydrogen-bond donors (Lipinski definition) is 0. The van der Waals surface area contributed by atoms with Gasteiger partial charge in [-0.2, -0.15) is 5.10 Å². The molecule has 0 spiro atoms. The Labute approximate surface area is 149 Å². The quantitative estimate of drug-likeness (QED) is 0.686. The number of amides is 1. The minimum atomic E-state index is -0.189. The van der Waals surface area contributed by atoms with Crippen LogP contribution in [0.4, 0.5) is 4.39 Å². The van der Waals surface area contributed by atoms with Crippen LogP contribution >= 0.6 is 11.6 Å². The van der Waals surface area contributed by atoms with Gasteiger partial charge in [-0.25, -0.2) is 8.91 Å². The molecule has 0 radical (unpaired) electrons. The molecule has 1 aliphatic heterocycles. The summed E-state index contributed by atoms with van der Waals surface area (Å²) in [5.74, 6) is -0.327. The molecule has 0 fully saturated rings. The van der Waals surface area contributed by atoms with Gasteiger partial charge in [0.15, 0.2) is 5.69 Å². The molecule has 3 aromatic rings. The molecule has 0 aliphatic carbocycles. The first kappa shape index (κ1) is 16.1. The summed E-state index contributed by atoms with van der Waals surface area (Å²) in [6.45, 7) is 2.49. The molecule has 1 amide bonds. The third kappa shape index (κ3) is 2.68. The number of carbonyl (C=O) groups is 1. The molecule has 0 N–H and O–H groups in total. The first-order chi connectivity index (χ1) is 12.1. The van der Waals surface area contributed by atoms with Crippen LogP contribution in [0.1, 0.15) is 41.0 Å². The lowest BCUT2D eigenvalue weighted by molar-refractivity contribution is 0.0647. The Hall–Kier alpha value is -2.40. The van der Waals surface area contributed by atoms with Gasteiger partial charge in [0.05, 0.1) is 16.6 Å². The average molecular weight is 358 g/mol. The first-order valence-electron chi connectivity index (χ1n) is 8.31. The maximum Gasteiger partial charge on any atom is 0.274 e. The van der Waals surface area contributed by atoms with Gasteiger partial charge in [0.1, 0.15) is 5.82 Å². The van der Waals surface area contributed by atoms with Crippen molar-refractivity contribution >= 4 is 23.0 Å². The predicted octanol–water partition coefficient (Wildman–Crippen LogP) is 4.28.